The van der Waals surface area contributed by atoms with E-state index in [1.165, 1.54) is 17.4 Å². The molecule has 0 saturated carbocycles. The largest absolute Gasteiger partial charge is 0.549 e. The van der Waals surface area contributed by atoms with Gasteiger partial charge in [0.25, 0.3) is 0 Å². The second-order valence-corrected chi connectivity index (χ2v) is 7.32. The van der Waals surface area contributed by atoms with Crippen LogP contribution in [0.4, 0.5) is 4.79 Å². The van der Waals surface area contributed by atoms with Crippen LogP contribution in [0.3, 0.4) is 0 Å². The highest BCUT2D eigenvalue weighted by molar-refractivity contribution is 9.10. The number of amides is 1. The van der Waals surface area contributed by atoms with Crippen molar-refractivity contribution in [3.63, 3.8) is 0 Å². The third-order valence-electron chi connectivity index (χ3n) is 3.84. The Morgan fingerprint density at radius 3 is 2.43 bits per heavy atom. The van der Waals surface area contributed by atoms with Crippen LogP contribution < -0.4 is 5.11 Å². The van der Waals surface area contributed by atoms with E-state index in [0.717, 1.165) is 0 Å². The Kier molecular flexibility index (Phi) is 4.93. The van der Waals surface area contributed by atoms with Gasteiger partial charge in [0.15, 0.2) is 0 Å². The summed E-state index contributed by atoms with van der Waals surface area (Å²) in [4.78, 5) is 33.3. The van der Waals surface area contributed by atoms with E-state index < -0.39 is 23.1 Å². The van der Waals surface area contributed by atoms with Crippen molar-refractivity contribution in [1.29, 1.82) is 0 Å². The average Bonchev–Trinajstić information content (AvgIpc) is 2.46. The van der Waals surface area contributed by atoms with Gasteiger partial charge < -0.3 is 19.5 Å². The molecule has 126 valence electrons. The van der Waals surface area contributed by atoms with E-state index in [1.807, 2.05) is 0 Å². The zero-order valence-corrected chi connectivity index (χ0v) is 14.9. The Morgan fingerprint density at radius 1 is 1.35 bits per heavy atom. The van der Waals surface area contributed by atoms with Crippen molar-refractivity contribution in [3.8, 4) is 0 Å². The lowest BCUT2D eigenvalue weighted by Gasteiger charge is -2.42. The first-order valence-electron chi connectivity index (χ1n) is 7.31. The number of hydrogen-bond donors (Lipinski definition) is 0. The van der Waals surface area contributed by atoms with E-state index in [-0.39, 0.29) is 25.9 Å². The summed E-state index contributed by atoms with van der Waals surface area (Å²) in [5.74, 6) is -1.18. The molecule has 1 saturated heterocycles. The van der Waals surface area contributed by atoms with Gasteiger partial charge in [-0.2, -0.15) is 0 Å². The zero-order chi connectivity index (χ0) is 17.3. The minimum Gasteiger partial charge on any atom is -0.549 e. The van der Waals surface area contributed by atoms with E-state index in [0.29, 0.717) is 10.2 Å². The third-order valence-corrected chi connectivity index (χ3v) is 4.47. The molecule has 0 aliphatic carbocycles. The van der Waals surface area contributed by atoms with E-state index in [1.54, 1.807) is 20.8 Å². The summed E-state index contributed by atoms with van der Waals surface area (Å²) in [6, 6.07) is 0. The molecular formula is C15H19BrN3O4-. The van der Waals surface area contributed by atoms with Crippen LogP contribution in [0.15, 0.2) is 17.1 Å². The molecule has 1 aliphatic heterocycles. The molecule has 7 nitrogen and oxygen atoms in total. The highest BCUT2D eigenvalue weighted by atomic mass is 79.9. The number of aliphatic carboxylic acids is 1. The second kappa shape index (κ2) is 6.43. The fourth-order valence-corrected chi connectivity index (χ4v) is 3.19. The number of carbonyl (C=O) groups excluding carboxylic acids is 2. The van der Waals surface area contributed by atoms with E-state index in [9.17, 15) is 14.7 Å². The number of halogens is 1. The minimum absolute atomic E-state index is 0.223. The van der Waals surface area contributed by atoms with Gasteiger partial charge >= 0.3 is 6.09 Å². The topological polar surface area (TPSA) is 95.5 Å². The number of ether oxygens (including phenoxy) is 1. The van der Waals surface area contributed by atoms with Crippen LogP contribution in [0.25, 0.3) is 0 Å². The number of hydrogen-bond acceptors (Lipinski definition) is 6. The highest BCUT2D eigenvalue weighted by Crippen LogP contribution is 2.38. The molecule has 2 rings (SSSR count). The molecule has 0 unspecified atom stereocenters. The average molecular weight is 385 g/mol. The normalized spacial score (nSPS) is 17.7. The molecule has 0 atom stereocenters. The monoisotopic (exact) mass is 384 g/mol. The summed E-state index contributed by atoms with van der Waals surface area (Å²) in [7, 11) is 0. The van der Waals surface area contributed by atoms with Crippen molar-refractivity contribution in [3.05, 3.63) is 22.7 Å². The highest BCUT2D eigenvalue weighted by Gasteiger charge is 2.41. The number of carboxylic acid groups (broad SMARTS) is 1. The Morgan fingerprint density at radius 2 is 1.96 bits per heavy atom. The molecular weight excluding hydrogens is 366 g/mol. The fourth-order valence-electron chi connectivity index (χ4n) is 2.62. The van der Waals surface area contributed by atoms with Crippen LogP contribution in [0.2, 0.25) is 0 Å². The van der Waals surface area contributed by atoms with Crippen LogP contribution in [-0.2, 0) is 14.9 Å². The first kappa shape index (κ1) is 17.7. The van der Waals surface area contributed by atoms with E-state index in [4.69, 9.17) is 4.74 Å². The molecule has 1 aromatic heterocycles. The predicted octanol–water partition coefficient (Wildman–Crippen LogP) is 1.26. The smallest absolute Gasteiger partial charge is 0.410 e. The lowest BCUT2D eigenvalue weighted by atomic mass is 9.74. The van der Waals surface area contributed by atoms with Gasteiger partial charge in [0.1, 0.15) is 16.5 Å². The third kappa shape index (κ3) is 3.80. The zero-order valence-electron chi connectivity index (χ0n) is 13.3. The van der Waals surface area contributed by atoms with E-state index >= 15 is 0 Å². The molecule has 0 bridgehead atoms. The summed E-state index contributed by atoms with van der Waals surface area (Å²) >= 11 is 3.27. The van der Waals surface area contributed by atoms with Crippen molar-refractivity contribution in [2.24, 2.45) is 0 Å². The standard InChI is InChI=1S/C15H20BrN3O4/c1-14(2,3)23-13(22)19-6-4-15(5-7-19,12(20)21)10-8-17-9-18-11(10)16/h8-9H,4-7H2,1-3H3,(H,20,21)/p-1. The summed E-state index contributed by atoms with van der Waals surface area (Å²) in [5, 5.41) is 11.8. The molecule has 0 radical (unpaired) electrons. The van der Waals surface area contributed by atoms with Crippen LogP contribution in [-0.4, -0.2) is 45.6 Å². The SMILES string of the molecule is CC(C)(C)OC(=O)N1CCC(C(=O)[O-])(c2cncnc2Br)CC1. The van der Waals surface area contributed by atoms with Crippen molar-refractivity contribution in [2.45, 2.75) is 44.6 Å². The van der Waals surface area contributed by atoms with Gasteiger partial charge in [0, 0.05) is 30.3 Å². The van der Waals surface area contributed by atoms with Gasteiger partial charge in [-0.1, -0.05) is 0 Å². The summed E-state index contributed by atoms with van der Waals surface area (Å²) in [5.41, 5.74) is -1.32. The first-order valence-corrected chi connectivity index (χ1v) is 8.10. The number of rotatable bonds is 2. The molecule has 23 heavy (non-hydrogen) atoms. The van der Waals surface area contributed by atoms with Gasteiger partial charge in [-0.3, -0.25) is 0 Å². The van der Waals surface area contributed by atoms with Gasteiger partial charge in [-0.05, 0) is 49.5 Å². The summed E-state index contributed by atoms with van der Waals surface area (Å²) in [6.45, 7) is 5.91. The molecule has 0 N–H and O–H groups in total. The van der Waals surface area contributed by atoms with Crippen LogP contribution >= 0.6 is 15.9 Å². The van der Waals surface area contributed by atoms with Crippen molar-refractivity contribution in [1.82, 2.24) is 14.9 Å². The predicted molar refractivity (Wildman–Crippen MR) is 83.5 cm³/mol. The van der Waals surface area contributed by atoms with Crippen LogP contribution in [0.1, 0.15) is 39.2 Å². The Balaban J connectivity index is 2.18. The number of piperidine rings is 1. The second-order valence-electron chi connectivity index (χ2n) is 6.56. The van der Waals surface area contributed by atoms with Crippen LogP contribution in [0.5, 0.6) is 0 Å². The van der Waals surface area contributed by atoms with Crippen LogP contribution in [0, 0.1) is 0 Å². The molecule has 0 spiro atoms. The number of aromatic nitrogens is 2. The summed E-state index contributed by atoms with van der Waals surface area (Å²) < 4.78 is 5.76. The quantitative estimate of drug-likeness (QED) is 0.712. The summed E-state index contributed by atoms with van der Waals surface area (Å²) in [6.07, 6.45) is 2.83. The minimum atomic E-state index is -1.21. The Labute approximate surface area is 143 Å². The molecule has 8 heteroatoms. The number of carboxylic acids is 1. The van der Waals surface area contributed by atoms with Gasteiger partial charge in [0.05, 0.1) is 5.97 Å². The van der Waals surface area contributed by atoms with Gasteiger partial charge in [-0.15, -0.1) is 0 Å². The molecule has 1 fully saturated rings. The number of carbonyl (C=O) groups is 2. The molecule has 0 aromatic carbocycles. The Bertz CT molecular complexity index is 607. The van der Waals surface area contributed by atoms with Gasteiger partial charge in [0.2, 0.25) is 0 Å². The maximum absolute atomic E-state index is 12.1. The lowest BCUT2D eigenvalue weighted by molar-refractivity contribution is -0.315. The van der Waals surface area contributed by atoms with Crippen molar-refractivity contribution in [2.75, 3.05) is 13.1 Å². The van der Waals surface area contributed by atoms with Crippen molar-refractivity contribution >= 4 is 28.0 Å². The molecule has 1 aromatic rings. The molecule has 2 heterocycles. The first-order chi connectivity index (χ1) is 10.7. The molecule has 1 amide bonds. The maximum Gasteiger partial charge on any atom is 0.410 e. The number of nitrogens with zero attached hydrogens (tertiary/aromatic N) is 3. The van der Waals surface area contributed by atoms with Crippen molar-refractivity contribution < 1.29 is 19.4 Å². The lowest BCUT2D eigenvalue weighted by Crippen LogP contribution is -2.54. The maximum atomic E-state index is 12.1. The number of likely N-dealkylation sites (tertiary alicyclic amines) is 1. The molecule has 1 aliphatic rings. The van der Waals surface area contributed by atoms with E-state index in [2.05, 4.69) is 25.9 Å². The Hall–Kier alpha value is -1.70. The fraction of sp³-hybridized carbons (Fsp3) is 0.600. The van der Waals surface area contributed by atoms with Gasteiger partial charge in [-0.25, -0.2) is 14.8 Å².